The van der Waals surface area contributed by atoms with Gasteiger partial charge in [-0.15, -0.1) is 0 Å². The second kappa shape index (κ2) is 7.98. The molecular formula is C16H25N3O2. The molecule has 116 valence electrons. The standard InChI is InChI=1S/C16H25N3O2/c1-3-11-19(12-13-7-5-9-17-13)15-14(8-6-10-18-15)16(20)21-4-2/h6,8,10,13,17H,3-5,7,9,11-12H2,1-2H3. The minimum atomic E-state index is -0.291. The van der Waals surface area contributed by atoms with Gasteiger partial charge in [-0.1, -0.05) is 6.92 Å². The number of nitrogens with one attached hydrogen (secondary N) is 1. The number of ether oxygens (including phenoxy) is 1. The van der Waals surface area contributed by atoms with Crippen molar-refractivity contribution in [2.24, 2.45) is 0 Å². The van der Waals surface area contributed by atoms with Gasteiger partial charge in [-0.3, -0.25) is 0 Å². The minimum absolute atomic E-state index is 0.291. The average Bonchev–Trinajstić information content (AvgIpc) is 3.00. The Bertz CT molecular complexity index is 459. The smallest absolute Gasteiger partial charge is 0.341 e. The first-order chi connectivity index (χ1) is 10.3. The van der Waals surface area contributed by atoms with E-state index in [-0.39, 0.29) is 5.97 Å². The molecule has 1 aromatic heterocycles. The quantitative estimate of drug-likeness (QED) is 0.781. The van der Waals surface area contributed by atoms with E-state index in [1.165, 1.54) is 12.8 Å². The van der Waals surface area contributed by atoms with Crippen LogP contribution in [0.2, 0.25) is 0 Å². The van der Waals surface area contributed by atoms with E-state index < -0.39 is 0 Å². The van der Waals surface area contributed by atoms with E-state index in [4.69, 9.17) is 4.74 Å². The summed E-state index contributed by atoms with van der Waals surface area (Å²) < 4.78 is 5.15. The molecule has 0 aliphatic carbocycles. The van der Waals surface area contributed by atoms with Crippen LogP contribution in [0.4, 0.5) is 5.82 Å². The van der Waals surface area contributed by atoms with Crippen molar-refractivity contribution in [3.63, 3.8) is 0 Å². The van der Waals surface area contributed by atoms with Gasteiger partial charge in [0.25, 0.3) is 0 Å². The Morgan fingerprint density at radius 2 is 2.38 bits per heavy atom. The summed E-state index contributed by atoms with van der Waals surface area (Å²) in [4.78, 5) is 18.8. The van der Waals surface area contributed by atoms with Gasteiger partial charge in [-0.05, 0) is 44.9 Å². The van der Waals surface area contributed by atoms with Gasteiger partial charge < -0.3 is 15.0 Å². The van der Waals surface area contributed by atoms with Crippen molar-refractivity contribution in [1.29, 1.82) is 0 Å². The lowest BCUT2D eigenvalue weighted by Gasteiger charge is -2.27. The largest absolute Gasteiger partial charge is 0.462 e. The SMILES string of the molecule is CCCN(CC1CCCN1)c1ncccc1C(=O)OCC. The molecule has 1 atom stereocenters. The van der Waals surface area contributed by atoms with Gasteiger partial charge in [0.05, 0.1) is 6.61 Å². The van der Waals surface area contributed by atoms with Crippen LogP contribution in [0.3, 0.4) is 0 Å². The molecule has 0 saturated carbocycles. The number of anilines is 1. The van der Waals surface area contributed by atoms with Gasteiger partial charge in [0.15, 0.2) is 0 Å². The second-order valence-electron chi connectivity index (χ2n) is 5.33. The zero-order valence-electron chi connectivity index (χ0n) is 13.0. The minimum Gasteiger partial charge on any atom is -0.462 e. The van der Waals surface area contributed by atoms with E-state index >= 15 is 0 Å². The van der Waals surface area contributed by atoms with Crippen molar-refractivity contribution in [2.75, 3.05) is 31.1 Å². The first-order valence-corrected chi connectivity index (χ1v) is 7.86. The van der Waals surface area contributed by atoms with Crippen LogP contribution < -0.4 is 10.2 Å². The summed E-state index contributed by atoms with van der Waals surface area (Å²) in [5.41, 5.74) is 0.561. The third-order valence-corrected chi connectivity index (χ3v) is 3.68. The third kappa shape index (κ3) is 4.17. The van der Waals surface area contributed by atoms with Crippen LogP contribution in [0.1, 0.15) is 43.5 Å². The van der Waals surface area contributed by atoms with E-state index in [2.05, 4.69) is 22.1 Å². The fourth-order valence-electron chi connectivity index (χ4n) is 2.75. The van der Waals surface area contributed by atoms with E-state index in [1.807, 2.05) is 6.92 Å². The molecule has 1 unspecified atom stereocenters. The van der Waals surface area contributed by atoms with Gasteiger partial charge in [0, 0.05) is 25.3 Å². The van der Waals surface area contributed by atoms with Gasteiger partial charge in [-0.2, -0.15) is 0 Å². The number of hydrogen-bond acceptors (Lipinski definition) is 5. The molecule has 21 heavy (non-hydrogen) atoms. The van der Waals surface area contributed by atoms with Crippen molar-refractivity contribution in [2.45, 2.75) is 39.2 Å². The summed E-state index contributed by atoms with van der Waals surface area (Å²) in [6.07, 6.45) is 5.16. The molecule has 0 amide bonds. The number of pyridine rings is 1. The molecule has 1 saturated heterocycles. The lowest BCUT2D eigenvalue weighted by molar-refractivity contribution is 0.0526. The zero-order valence-corrected chi connectivity index (χ0v) is 13.0. The number of aromatic nitrogens is 1. The summed E-state index contributed by atoms with van der Waals surface area (Å²) in [6, 6.07) is 4.06. The fraction of sp³-hybridized carbons (Fsp3) is 0.625. The molecule has 1 aromatic rings. The van der Waals surface area contributed by atoms with Crippen LogP contribution >= 0.6 is 0 Å². The monoisotopic (exact) mass is 291 g/mol. The van der Waals surface area contributed by atoms with Gasteiger partial charge in [0.1, 0.15) is 11.4 Å². The molecule has 0 spiro atoms. The van der Waals surface area contributed by atoms with Crippen LogP contribution in [-0.2, 0) is 4.74 Å². The number of carbonyl (C=O) groups is 1. The molecule has 1 aliphatic heterocycles. The number of carbonyl (C=O) groups excluding carboxylic acids is 1. The fourth-order valence-corrected chi connectivity index (χ4v) is 2.75. The summed E-state index contributed by atoms with van der Waals surface area (Å²) in [6.45, 7) is 7.20. The molecular weight excluding hydrogens is 266 g/mol. The van der Waals surface area contributed by atoms with Crippen LogP contribution in [-0.4, -0.2) is 43.2 Å². The first-order valence-electron chi connectivity index (χ1n) is 7.86. The molecule has 1 aliphatic rings. The number of rotatable bonds is 7. The highest BCUT2D eigenvalue weighted by atomic mass is 16.5. The second-order valence-corrected chi connectivity index (χ2v) is 5.33. The summed E-state index contributed by atoms with van der Waals surface area (Å²) in [5, 5.41) is 3.50. The number of nitrogens with zero attached hydrogens (tertiary/aromatic N) is 2. The maximum Gasteiger partial charge on any atom is 0.341 e. The average molecular weight is 291 g/mol. The van der Waals surface area contributed by atoms with Gasteiger partial charge in [0.2, 0.25) is 0 Å². The summed E-state index contributed by atoms with van der Waals surface area (Å²) in [7, 11) is 0. The van der Waals surface area contributed by atoms with Crippen LogP contribution in [0.15, 0.2) is 18.3 Å². The van der Waals surface area contributed by atoms with Crippen molar-refractivity contribution in [3.8, 4) is 0 Å². The predicted molar refractivity (Wildman–Crippen MR) is 83.7 cm³/mol. The normalized spacial score (nSPS) is 17.7. The van der Waals surface area contributed by atoms with Crippen molar-refractivity contribution in [3.05, 3.63) is 23.9 Å². The number of esters is 1. The lowest BCUT2D eigenvalue weighted by atomic mass is 10.2. The van der Waals surface area contributed by atoms with E-state index in [0.29, 0.717) is 18.2 Å². The van der Waals surface area contributed by atoms with Gasteiger partial charge in [-0.25, -0.2) is 9.78 Å². The maximum atomic E-state index is 12.1. The number of hydrogen-bond donors (Lipinski definition) is 1. The Morgan fingerprint density at radius 3 is 3.05 bits per heavy atom. The van der Waals surface area contributed by atoms with Crippen LogP contribution in [0.5, 0.6) is 0 Å². The van der Waals surface area contributed by atoms with E-state index in [9.17, 15) is 4.79 Å². The Kier molecular flexibility index (Phi) is 5.99. The highest BCUT2D eigenvalue weighted by molar-refractivity contribution is 5.94. The molecule has 5 nitrogen and oxygen atoms in total. The van der Waals surface area contributed by atoms with Crippen molar-refractivity contribution >= 4 is 11.8 Å². The maximum absolute atomic E-state index is 12.1. The summed E-state index contributed by atoms with van der Waals surface area (Å²) >= 11 is 0. The Morgan fingerprint density at radius 1 is 1.52 bits per heavy atom. The molecule has 5 heteroatoms. The van der Waals surface area contributed by atoms with E-state index in [1.54, 1.807) is 18.3 Å². The Balaban J connectivity index is 2.19. The highest BCUT2D eigenvalue weighted by Gasteiger charge is 2.22. The zero-order chi connectivity index (χ0) is 15.1. The predicted octanol–water partition coefficient (Wildman–Crippen LogP) is 2.23. The molecule has 2 heterocycles. The summed E-state index contributed by atoms with van der Waals surface area (Å²) in [5.74, 6) is 0.451. The first kappa shape index (κ1) is 15.8. The molecule has 1 N–H and O–H groups in total. The highest BCUT2D eigenvalue weighted by Crippen LogP contribution is 2.20. The topological polar surface area (TPSA) is 54.5 Å². The van der Waals surface area contributed by atoms with Crippen LogP contribution in [0.25, 0.3) is 0 Å². The Labute approximate surface area is 126 Å². The van der Waals surface area contributed by atoms with Gasteiger partial charge >= 0.3 is 5.97 Å². The van der Waals surface area contributed by atoms with Crippen LogP contribution in [0, 0.1) is 0 Å². The molecule has 0 aromatic carbocycles. The van der Waals surface area contributed by atoms with Crippen molar-refractivity contribution < 1.29 is 9.53 Å². The third-order valence-electron chi connectivity index (χ3n) is 3.68. The Hall–Kier alpha value is -1.62. The molecule has 0 bridgehead atoms. The van der Waals surface area contributed by atoms with Crippen molar-refractivity contribution in [1.82, 2.24) is 10.3 Å². The molecule has 1 fully saturated rings. The van der Waals surface area contributed by atoms with E-state index in [0.717, 1.165) is 31.9 Å². The molecule has 2 rings (SSSR count). The lowest BCUT2D eigenvalue weighted by Crippen LogP contribution is -2.39. The molecule has 0 radical (unpaired) electrons.